The SMILES string of the molecule is O=C(NCCCNC(=O)c1ccc([N+](=O)[O-])cc1)c1ccncc1. The molecule has 0 aliphatic rings. The number of carbonyl (C=O) groups excluding carboxylic acids is 2. The molecule has 0 radical (unpaired) electrons. The van der Waals surface area contributed by atoms with Crippen molar-refractivity contribution in [1.82, 2.24) is 15.6 Å². The van der Waals surface area contributed by atoms with Crippen LogP contribution in [-0.2, 0) is 0 Å². The number of non-ortho nitro benzene ring substituents is 1. The van der Waals surface area contributed by atoms with E-state index in [9.17, 15) is 19.7 Å². The molecular formula is C16H16N4O4. The first-order valence-corrected chi connectivity index (χ1v) is 7.29. The highest BCUT2D eigenvalue weighted by atomic mass is 16.6. The third-order valence-corrected chi connectivity index (χ3v) is 3.21. The summed E-state index contributed by atoms with van der Waals surface area (Å²) < 4.78 is 0. The lowest BCUT2D eigenvalue weighted by Crippen LogP contribution is -2.29. The van der Waals surface area contributed by atoms with E-state index in [-0.39, 0.29) is 17.5 Å². The van der Waals surface area contributed by atoms with Gasteiger partial charge in [0.05, 0.1) is 4.92 Å². The summed E-state index contributed by atoms with van der Waals surface area (Å²) >= 11 is 0. The fourth-order valence-electron chi connectivity index (χ4n) is 1.93. The van der Waals surface area contributed by atoms with Crippen molar-refractivity contribution in [2.45, 2.75) is 6.42 Å². The van der Waals surface area contributed by atoms with Crippen molar-refractivity contribution in [2.75, 3.05) is 13.1 Å². The number of carbonyl (C=O) groups is 2. The number of amides is 2. The average molecular weight is 328 g/mol. The molecule has 1 aromatic heterocycles. The van der Waals surface area contributed by atoms with Gasteiger partial charge >= 0.3 is 0 Å². The summed E-state index contributed by atoms with van der Waals surface area (Å²) in [6.45, 7) is 0.800. The van der Waals surface area contributed by atoms with Gasteiger partial charge in [-0.05, 0) is 30.7 Å². The number of rotatable bonds is 7. The summed E-state index contributed by atoms with van der Waals surface area (Å²) in [6, 6.07) is 8.60. The zero-order valence-electron chi connectivity index (χ0n) is 12.8. The molecular weight excluding hydrogens is 312 g/mol. The molecule has 2 amide bonds. The molecule has 24 heavy (non-hydrogen) atoms. The third kappa shape index (κ3) is 4.87. The van der Waals surface area contributed by atoms with Gasteiger partial charge in [-0.15, -0.1) is 0 Å². The van der Waals surface area contributed by atoms with E-state index in [2.05, 4.69) is 15.6 Å². The largest absolute Gasteiger partial charge is 0.352 e. The molecule has 124 valence electrons. The number of nitro groups is 1. The van der Waals surface area contributed by atoms with E-state index in [1.807, 2.05) is 0 Å². The van der Waals surface area contributed by atoms with E-state index in [0.717, 1.165) is 0 Å². The zero-order valence-corrected chi connectivity index (χ0v) is 12.8. The van der Waals surface area contributed by atoms with Crippen molar-refractivity contribution >= 4 is 17.5 Å². The van der Waals surface area contributed by atoms with Gasteiger partial charge in [0.25, 0.3) is 17.5 Å². The Morgan fingerprint density at radius 3 is 1.92 bits per heavy atom. The van der Waals surface area contributed by atoms with Crippen LogP contribution in [0.2, 0.25) is 0 Å². The van der Waals surface area contributed by atoms with Crippen molar-refractivity contribution in [1.29, 1.82) is 0 Å². The zero-order chi connectivity index (χ0) is 17.4. The fraction of sp³-hybridized carbons (Fsp3) is 0.188. The van der Waals surface area contributed by atoms with Crippen molar-refractivity contribution < 1.29 is 14.5 Å². The monoisotopic (exact) mass is 328 g/mol. The minimum absolute atomic E-state index is 0.0645. The minimum atomic E-state index is -0.521. The lowest BCUT2D eigenvalue weighted by molar-refractivity contribution is -0.384. The Kier molecular flexibility index (Phi) is 5.95. The Balaban J connectivity index is 1.69. The van der Waals surface area contributed by atoms with Crippen LogP contribution in [-0.4, -0.2) is 34.8 Å². The Morgan fingerprint density at radius 1 is 0.917 bits per heavy atom. The van der Waals surface area contributed by atoms with E-state index in [1.54, 1.807) is 24.5 Å². The molecule has 8 heteroatoms. The number of nitrogens with one attached hydrogen (secondary N) is 2. The number of nitro benzene ring substituents is 1. The second-order valence-electron chi connectivity index (χ2n) is 4.91. The predicted molar refractivity (Wildman–Crippen MR) is 86.6 cm³/mol. The predicted octanol–water partition coefficient (Wildman–Crippen LogP) is 1.54. The number of pyridine rings is 1. The minimum Gasteiger partial charge on any atom is -0.352 e. The van der Waals surface area contributed by atoms with E-state index < -0.39 is 4.92 Å². The first-order chi connectivity index (χ1) is 11.6. The van der Waals surface area contributed by atoms with Crippen molar-refractivity contribution in [2.24, 2.45) is 0 Å². The van der Waals surface area contributed by atoms with Gasteiger partial charge in [0, 0.05) is 48.7 Å². The van der Waals surface area contributed by atoms with Crippen LogP contribution in [0.5, 0.6) is 0 Å². The summed E-state index contributed by atoms with van der Waals surface area (Å²) in [5.74, 6) is -0.510. The van der Waals surface area contributed by atoms with Gasteiger partial charge in [-0.3, -0.25) is 24.7 Å². The van der Waals surface area contributed by atoms with Crippen LogP contribution in [0.25, 0.3) is 0 Å². The highest BCUT2D eigenvalue weighted by molar-refractivity contribution is 5.94. The maximum Gasteiger partial charge on any atom is 0.269 e. The second-order valence-corrected chi connectivity index (χ2v) is 4.91. The summed E-state index contributed by atoms with van der Waals surface area (Å²) in [5.41, 5.74) is 0.812. The molecule has 2 aromatic rings. The molecule has 0 aliphatic heterocycles. The van der Waals surface area contributed by atoms with Crippen LogP contribution < -0.4 is 10.6 Å². The number of hydrogen-bond donors (Lipinski definition) is 2. The second kappa shape index (κ2) is 8.37. The van der Waals surface area contributed by atoms with Gasteiger partial charge in [0.15, 0.2) is 0 Å². The summed E-state index contributed by atoms with van der Waals surface area (Å²) in [7, 11) is 0. The van der Waals surface area contributed by atoms with Gasteiger partial charge in [-0.1, -0.05) is 0 Å². The van der Waals surface area contributed by atoms with Gasteiger partial charge in [0.2, 0.25) is 0 Å². The topological polar surface area (TPSA) is 114 Å². The molecule has 0 saturated heterocycles. The molecule has 0 fully saturated rings. The van der Waals surface area contributed by atoms with Gasteiger partial charge in [0.1, 0.15) is 0 Å². The van der Waals surface area contributed by atoms with Crippen molar-refractivity contribution in [3.8, 4) is 0 Å². The van der Waals surface area contributed by atoms with Gasteiger partial charge < -0.3 is 10.6 Å². The van der Waals surface area contributed by atoms with Crippen LogP contribution in [0.1, 0.15) is 27.1 Å². The highest BCUT2D eigenvalue weighted by Gasteiger charge is 2.09. The molecule has 0 unspecified atom stereocenters. The van der Waals surface area contributed by atoms with Gasteiger partial charge in [-0.2, -0.15) is 0 Å². The lowest BCUT2D eigenvalue weighted by Gasteiger charge is -2.07. The van der Waals surface area contributed by atoms with Crippen LogP contribution >= 0.6 is 0 Å². The smallest absolute Gasteiger partial charge is 0.269 e. The Morgan fingerprint density at radius 2 is 1.42 bits per heavy atom. The average Bonchev–Trinajstić information content (AvgIpc) is 2.62. The summed E-state index contributed by atoms with van der Waals surface area (Å²) in [5, 5.41) is 16.0. The van der Waals surface area contributed by atoms with Crippen LogP contribution in [0, 0.1) is 10.1 Å². The van der Waals surface area contributed by atoms with E-state index in [4.69, 9.17) is 0 Å². The molecule has 2 rings (SSSR count). The molecule has 8 nitrogen and oxygen atoms in total. The maximum atomic E-state index is 11.9. The molecule has 0 saturated carbocycles. The highest BCUT2D eigenvalue weighted by Crippen LogP contribution is 2.11. The van der Waals surface area contributed by atoms with Crippen LogP contribution in [0.15, 0.2) is 48.8 Å². The lowest BCUT2D eigenvalue weighted by atomic mass is 10.2. The van der Waals surface area contributed by atoms with E-state index in [0.29, 0.717) is 30.6 Å². The quantitative estimate of drug-likeness (QED) is 0.454. The molecule has 2 N–H and O–H groups in total. The Labute approximate surface area is 138 Å². The summed E-state index contributed by atoms with van der Waals surface area (Å²) in [4.78, 5) is 37.5. The first-order valence-electron chi connectivity index (χ1n) is 7.29. The number of aromatic nitrogens is 1. The van der Waals surface area contributed by atoms with Crippen LogP contribution in [0.4, 0.5) is 5.69 Å². The molecule has 1 heterocycles. The maximum absolute atomic E-state index is 11.9. The van der Waals surface area contributed by atoms with E-state index >= 15 is 0 Å². The Hall–Kier alpha value is -3.29. The molecule has 1 aromatic carbocycles. The van der Waals surface area contributed by atoms with Crippen LogP contribution in [0.3, 0.4) is 0 Å². The van der Waals surface area contributed by atoms with Crippen molar-refractivity contribution in [3.63, 3.8) is 0 Å². The summed E-state index contributed by atoms with van der Waals surface area (Å²) in [6.07, 6.45) is 3.65. The first kappa shape index (κ1) is 17.1. The normalized spacial score (nSPS) is 10.0. The number of benzene rings is 1. The molecule has 0 bridgehead atoms. The van der Waals surface area contributed by atoms with E-state index in [1.165, 1.54) is 24.3 Å². The number of nitrogens with zero attached hydrogens (tertiary/aromatic N) is 2. The third-order valence-electron chi connectivity index (χ3n) is 3.21. The molecule has 0 aliphatic carbocycles. The molecule has 0 spiro atoms. The molecule has 0 atom stereocenters. The Bertz CT molecular complexity index is 717. The standard InChI is InChI=1S/C16H16N4O4/c21-15(12-2-4-14(5-3-12)20(23)24)18-8-1-9-19-16(22)13-6-10-17-11-7-13/h2-7,10-11H,1,8-9H2,(H,18,21)(H,19,22). The van der Waals surface area contributed by atoms with Crippen molar-refractivity contribution in [3.05, 3.63) is 70.0 Å². The van der Waals surface area contributed by atoms with Gasteiger partial charge in [-0.25, -0.2) is 0 Å². The number of hydrogen-bond acceptors (Lipinski definition) is 5. The fourth-order valence-corrected chi connectivity index (χ4v) is 1.93.